The van der Waals surface area contributed by atoms with Crippen LogP contribution in [-0.4, -0.2) is 47.4 Å². The largest absolute Gasteiger partial charge is 0.494 e. The lowest BCUT2D eigenvalue weighted by atomic mass is 10.2. The van der Waals surface area contributed by atoms with Crippen molar-refractivity contribution in [2.45, 2.75) is 25.9 Å². The summed E-state index contributed by atoms with van der Waals surface area (Å²) in [5.41, 5.74) is 6.70. The molecule has 0 saturated heterocycles. The van der Waals surface area contributed by atoms with Gasteiger partial charge in [0.05, 0.1) is 19.0 Å². The predicted molar refractivity (Wildman–Crippen MR) is 109 cm³/mol. The lowest BCUT2D eigenvalue weighted by Crippen LogP contribution is -2.32. The van der Waals surface area contributed by atoms with Crippen molar-refractivity contribution in [2.24, 2.45) is 0 Å². The summed E-state index contributed by atoms with van der Waals surface area (Å²) in [7, 11) is 0. The molecule has 2 aromatic rings. The maximum absolute atomic E-state index is 12.6. The maximum Gasteiger partial charge on any atom is 0.343 e. The zero-order chi connectivity index (χ0) is 20.5. The van der Waals surface area contributed by atoms with Crippen LogP contribution in [0.25, 0.3) is 0 Å². The molecule has 1 aromatic heterocycles. The van der Waals surface area contributed by atoms with Crippen LogP contribution in [0.1, 0.15) is 31.1 Å². The number of nitrogen functional groups attached to an aromatic ring is 1. The molecule has 0 atom stereocenters. The Labute approximate surface area is 168 Å². The second-order valence-corrected chi connectivity index (χ2v) is 6.47. The number of amides is 1. The number of nitrogens with zero attached hydrogens (tertiary/aromatic N) is 3. The summed E-state index contributed by atoms with van der Waals surface area (Å²) in [5, 5.41) is 0.321. The smallest absolute Gasteiger partial charge is 0.343 e. The van der Waals surface area contributed by atoms with E-state index in [0.717, 1.165) is 23.2 Å². The fraction of sp³-hybridized carbons (Fsp3) is 0.368. The first-order valence-corrected chi connectivity index (χ1v) is 9.94. The summed E-state index contributed by atoms with van der Waals surface area (Å²) < 4.78 is 10.3. The molecule has 28 heavy (non-hydrogen) atoms. The van der Waals surface area contributed by atoms with Crippen molar-refractivity contribution in [1.29, 1.82) is 0 Å². The highest BCUT2D eigenvalue weighted by atomic mass is 32.2. The summed E-state index contributed by atoms with van der Waals surface area (Å²) in [4.78, 5) is 34.2. The monoisotopic (exact) mass is 404 g/mol. The number of carbonyl (C=O) groups excluding carboxylic acids is 2. The van der Waals surface area contributed by atoms with Crippen LogP contribution in [0.5, 0.6) is 5.75 Å². The molecular formula is C19H24N4O4S. The molecule has 2 rings (SSSR count). The molecule has 150 valence electrons. The average molecular weight is 404 g/mol. The van der Waals surface area contributed by atoms with Gasteiger partial charge in [-0.2, -0.15) is 0 Å². The molecule has 1 amide bonds. The van der Waals surface area contributed by atoms with Gasteiger partial charge in [0.1, 0.15) is 17.1 Å². The first-order chi connectivity index (χ1) is 13.5. The first-order valence-electron chi connectivity index (χ1n) is 8.95. The number of esters is 1. The van der Waals surface area contributed by atoms with Crippen LogP contribution in [0.4, 0.5) is 11.5 Å². The summed E-state index contributed by atoms with van der Waals surface area (Å²) in [6.45, 7) is 6.88. The van der Waals surface area contributed by atoms with Crippen molar-refractivity contribution in [1.82, 2.24) is 9.97 Å². The molecule has 0 aliphatic carbocycles. The molecule has 0 aliphatic heterocycles. The minimum Gasteiger partial charge on any atom is -0.494 e. The number of hydrogen-bond donors (Lipinski definition) is 1. The van der Waals surface area contributed by atoms with Gasteiger partial charge in [0.25, 0.3) is 0 Å². The molecule has 0 fully saturated rings. The predicted octanol–water partition coefficient (Wildman–Crippen LogP) is 2.78. The maximum atomic E-state index is 12.6. The Hall–Kier alpha value is -2.81. The summed E-state index contributed by atoms with van der Waals surface area (Å²) in [6, 6.07) is 7.36. The van der Waals surface area contributed by atoms with Crippen LogP contribution in [0, 0.1) is 0 Å². The van der Waals surface area contributed by atoms with Gasteiger partial charge in [-0.3, -0.25) is 4.79 Å². The molecule has 1 aromatic carbocycles. The molecular weight excluding hydrogens is 380 g/mol. The zero-order valence-corrected chi connectivity index (χ0v) is 17.0. The third-order valence-corrected chi connectivity index (χ3v) is 4.54. The number of aromatic nitrogens is 2. The highest BCUT2D eigenvalue weighted by Gasteiger charge is 2.17. The summed E-state index contributed by atoms with van der Waals surface area (Å²) in [6.07, 6.45) is 1.32. The van der Waals surface area contributed by atoms with E-state index in [-0.39, 0.29) is 29.6 Å². The molecule has 0 aliphatic rings. The van der Waals surface area contributed by atoms with Gasteiger partial charge in [0.2, 0.25) is 5.91 Å². The van der Waals surface area contributed by atoms with Gasteiger partial charge < -0.3 is 20.1 Å². The second-order valence-electron chi connectivity index (χ2n) is 5.53. The van der Waals surface area contributed by atoms with Crippen LogP contribution in [0.15, 0.2) is 35.6 Å². The van der Waals surface area contributed by atoms with Crippen LogP contribution in [-0.2, 0) is 9.53 Å². The molecule has 1 heterocycles. The lowest BCUT2D eigenvalue weighted by molar-refractivity contribution is -0.116. The van der Waals surface area contributed by atoms with E-state index >= 15 is 0 Å². The van der Waals surface area contributed by atoms with Gasteiger partial charge in [-0.15, -0.1) is 0 Å². The number of carbonyl (C=O) groups is 2. The summed E-state index contributed by atoms with van der Waals surface area (Å²) in [5.74, 6) is 0.268. The Morgan fingerprint density at radius 1 is 1.14 bits per heavy atom. The van der Waals surface area contributed by atoms with E-state index in [1.54, 1.807) is 11.8 Å². The van der Waals surface area contributed by atoms with Gasteiger partial charge in [-0.25, -0.2) is 14.8 Å². The van der Waals surface area contributed by atoms with E-state index in [9.17, 15) is 9.59 Å². The number of anilines is 2. The van der Waals surface area contributed by atoms with Gasteiger partial charge in [0, 0.05) is 18.4 Å². The number of benzene rings is 1. The zero-order valence-electron chi connectivity index (χ0n) is 16.2. The summed E-state index contributed by atoms with van der Waals surface area (Å²) >= 11 is 1.16. The number of nitrogens with two attached hydrogens (primary N) is 1. The van der Waals surface area contributed by atoms with E-state index in [4.69, 9.17) is 15.2 Å². The molecule has 8 nitrogen and oxygen atoms in total. The van der Waals surface area contributed by atoms with Crippen molar-refractivity contribution in [3.05, 3.63) is 36.0 Å². The van der Waals surface area contributed by atoms with E-state index in [0.29, 0.717) is 18.3 Å². The Bertz CT molecular complexity index is 814. The molecule has 0 radical (unpaired) electrons. The molecule has 2 N–H and O–H groups in total. The number of thioether (sulfide) groups is 1. The third kappa shape index (κ3) is 5.59. The minimum atomic E-state index is -0.569. The third-order valence-electron chi connectivity index (χ3n) is 3.69. The highest BCUT2D eigenvalue weighted by molar-refractivity contribution is 7.99. The molecule has 0 bridgehead atoms. The number of hydrogen-bond acceptors (Lipinski definition) is 8. The lowest BCUT2D eigenvalue weighted by Gasteiger charge is -2.21. The minimum absolute atomic E-state index is 0.0299. The van der Waals surface area contributed by atoms with Crippen LogP contribution in [0.3, 0.4) is 0 Å². The average Bonchev–Trinajstić information content (AvgIpc) is 2.68. The second kappa shape index (κ2) is 10.5. The highest BCUT2D eigenvalue weighted by Crippen LogP contribution is 2.22. The van der Waals surface area contributed by atoms with Crippen LogP contribution >= 0.6 is 11.8 Å². The fourth-order valence-electron chi connectivity index (χ4n) is 2.41. The molecule has 9 heteroatoms. The van der Waals surface area contributed by atoms with E-state index in [2.05, 4.69) is 9.97 Å². The van der Waals surface area contributed by atoms with Crippen LogP contribution in [0.2, 0.25) is 0 Å². The molecule has 0 spiro atoms. The normalized spacial score (nSPS) is 10.4. The Balaban J connectivity index is 2.01. The van der Waals surface area contributed by atoms with Gasteiger partial charge in [-0.05, 0) is 45.0 Å². The Morgan fingerprint density at radius 2 is 1.86 bits per heavy atom. The Kier molecular flexibility index (Phi) is 8.06. The van der Waals surface area contributed by atoms with Crippen molar-refractivity contribution in [2.75, 3.05) is 36.1 Å². The van der Waals surface area contributed by atoms with E-state index < -0.39 is 5.97 Å². The topological polar surface area (TPSA) is 108 Å². The van der Waals surface area contributed by atoms with Gasteiger partial charge >= 0.3 is 5.97 Å². The number of rotatable bonds is 9. The van der Waals surface area contributed by atoms with E-state index in [1.165, 1.54) is 6.20 Å². The fourth-order valence-corrected chi connectivity index (χ4v) is 3.11. The Morgan fingerprint density at radius 3 is 2.43 bits per heavy atom. The molecule has 0 unspecified atom stereocenters. The van der Waals surface area contributed by atoms with E-state index in [1.807, 2.05) is 38.1 Å². The SMILES string of the molecule is CCOC(=O)c1cnc(SCC(=O)N(CC)c2ccc(OCC)cc2)nc1N. The van der Waals surface area contributed by atoms with Crippen molar-refractivity contribution in [3.8, 4) is 5.75 Å². The van der Waals surface area contributed by atoms with Crippen LogP contribution < -0.4 is 15.4 Å². The quantitative estimate of drug-likeness (QED) is 0.386. The van der Waals surface area contributed by atoms with Crippen molar-refractivity contribution in [3.63, 3.8) is 0 Å². The standard InChI is InChI=1S/C19H24N4O4S/c1-4-23(13-7-9-14(10-8-13)26-5-2)16(24)12-28-19-21-11-15(17(20)22-19)18(25)27-6-3/h7-11H,4-6,12H2,1-3H3,(H2,20,21,22). The number of ether oxygens (including phenoxy) is 2. The van der Waals surface area contributed by atoms with Gasteiger partial charge in [-0.1, -0.05) is 11.8 Å². The first kappa shape index (κ1) is 21.5. The van der Waals surface area contributed by atoms with Crippen molar-refractivity contribution < 1.29 is 19.1 Å². The van der Waals surface area contributed by atoms with Crippen molar-refractivity contribution >= 4 is 35.1 Å². The van der Waals surface area contributed by atoms with Gasteiger partial charge in [0.15, 0.2) is 5.16 Å². The molecule has 0 saturated carbocycles.